The number of nitrogens with zero attached hydrogens (tertiary/aromatic N) is 2. The summed E-state index contributed by atoms with van der Waals surface area (Å²) >= 11 is 3.43. The van der Waals surface area contributed by atoms with E-state index < -0.39 is 0 Å². The van der Waals surface area contributed by atoms with Gasteiger partial charge in [-0.1, -0.05) is 0 Å². The number of halogens is 1. The van der Waals surface area contributed by atoms with Gasteiger partial charge in [0.2, 0.25) is 0 Å². The van der Waals surface area contributed by atoms with Crippen molar-refractivity contribution in [2.75, 3.05) is 0 Å². The SMILES string of the molecule is Cc1c(Br)cnn1C(C)(C)C. The highest BCUT2D eigenvalue weighted by Crippen LogP contribution is 2.21. The van der Waals surface area contributed by atoms with E-state index in [1.54, 1.807) is 0 Å². The van der Waals surface area contributed by atoms with E-state index in [2.05, 4.69) is 48.7 Å². The van der Waals surface area contributed by atoms with Gasteiger partial charge in [-0.15, -0.1) is 0 Å². The Morgan fingerprint density at radius 2 is 2.00 bits per heavy atom. The Morgan fingerprint density at radius 3 is 2.18 bits per heavy atom. The van der Waals surface area contributed by atoms with Crippen molar-refractivity contribution in [2.45, 2.75) is 33.2 Å². The maximum atomic E-state index is 4.26. The van der Waals surface area contributed by atoms with Crippen LogP contribution in [0.5, 0.6) is 0 Å². The molecule has 0 saturated heterocycles. The lowest BCUT2D eigenvalue weighted by Crippen LogP contribution is -2.24. The molecule has 0 spiro atoms. The van der Waals surface area contributed by atoms with Crippen LogP contribution in [0.1, 0.15) is 26.5 Å². The molecule has 1 aromatic heterocycles. The first-order valence-corrected chi connectivity index (χ1v) is 4.43. The summed E-state index contributed by atoms with van der Waals surface area (Å²) in [5, 5.41) is 4.26. The van der Waals surface area contributed by atoms with Gasteiger partial charge in [-0.2, -0.15) is 5.10 Å². The van der Waals surface area contributed by atoms with Crippen LogP contribution in [0.3, 0.4) is 0 Å². The number of aromatic nitrogens is 2. The largest absolute Gasteiger partial charge is 0.263 e. The standard InChI is InChI=1S/C8H13BrN2/c1-6-7(9)5-10-11(6)8(2,3)4/h5H,1-4H3. The Bertz CT molecular complexity index is 258. The van der Waals surface area contributed by atoms with Crippen molar-refractivity contribution in [2.24, 2.45) is 0 Å². The number of hydrogen-bond donors (Lipinski definition) is 0. The third kappa shape index (κ3) is 1.64. The summed E-state index contributed by atoms with van der Waals surface area (Å²) in [7, 11) is 0. The quantitative estimate of drug-likeness (QED) is 0.653. The van der Waals surface area contributed by atoms with Crippen LogP contribution >= 0.6 is 15.9 Å². The summed E-state index contributed by atoms with van der Waals surface area (Å²) in [6.07, 6.45) is 1.83. The van der Waals surface area contributed by atoms with Crippen molar-refractivity contribution in [3.05, 3.63) is 16.4 Å². The number of hydrogen-bond acceptors (Lipinski definition) is 1. The first-order chi connectivity index (χ1) is 4.93. The van der Waals surface area contributed by atoms with Crippen molar-refractivity contribution in [1.29, 1.82) is 0 Å². The van der Waals surface area contributed by atoms with E-state index in [9.17, 15) is 0 Å². The average molecular weight is 217 g/mol. The molecule has 0 radical (unpaired) electrons. The van der Waals surface area contributed by atoms with Crippen LogP contribution in [0.15, 0.2) is 10.7 Å². The van der Waals surface area contributed by atoms with Crippen LogP contribution in [-0.2, 0) is 5.54 Å². The minimum atomic E-state index is 0.0795. The van der Waals surface area contributed by atoms with Gasteiger partial charge < -0.3 is 0 Å². The molecule has 0 N–H and O–H groups in total. The zero-order valence-electron chi connectivity index (χ0n) is 7.35. The van der Waals surface area contributed by atoms with Crippen LogP contribution in [-0.4, -0.2) is 9.78 Å². The van der Waals surface area contributed by atoms with Gasteiger partial charge in [-0.25, -0.2) is 0 Å². The minimum absolute atomic E-state index is 0.0795. The van der Waals surface area contributed by atoms with E-state index in [-0.39, 0.29) is 5.54 Å². The molecule has 0 aromatic carbocycles. The maximum absolute atomic E-state index is 4.26. The van der Waals surface area contributed by atoms with E-state index in [0.717, 1.165) is 4.47 Å². The molecule has 2 nitrogen and oxygen atoms in total. The van der Waals surface area contributed by atoms with Gasteiger partial charge in [-0.3, -0.25) is 4.68 Å². The first-order valence-electron chi connectivity index (χ1n) is 3.63. The van der Waals surface area contributed by atoms with E-state index in [1.807, 2.05) is 10.9 Å². The van der Waals surface area contributed by atoms with Crippen molar-refractivity contribution in [3.8, 4) is 0 Å². The average Bonchev–Trinajstić information content (AvgIpc) is 2.11. The Hall–Kier alpha value is -0.310. The zero-order chi connectivity index (χ0) is 8.65. The molecule has 0 atom stereocenters. The lowest BCUT2D eigenvalue weighted by molar-refractivity contribution is 0.348. The normalized spacial score (nSPS) is 12.1. The molecular weight excluding hydrogens is 204 g/mol. The highest BCUT2D eigenvalue weighted by molar-refractivity contribution is 9.10. The molecule has 0 saturated carbocycles. The van der Waals surface area contributed by atoms with Crippen LogP contribution in [0.2, 0.25) is 0 Å². The predicted octanol–water partition coefficient (Wildman–Crippen LogP) is 2.71. The smallest absolute Gasteiger partial charge is 0.0635 e. The Morgan fingerprint density at radius 1 is 1.45 bits per heavy atom. The molecule has 1 aromatic rings. The molecule has 0 aliphatic heterocycles. The van der Waals surface area contributed by atoms with Gasteiger partial charge in [0.1, 0.15) is 0 Å². The summed E-state index contributed by atoms with van der Waals surface area (Å²) in [6.45, 7) is 8.47. The molecule has 0 amide bonds. The predicted molar refractivity (Wildman–Crippen MR) is 49.7 cm³/mol. The van der Waals surface area contributed by atoms with Gasteiger partial charge in [0.15, 0.2) is 0 Å². The Balaban J connectivity index is 3.15. The van der Waals surface area contributed by atoms with Crippen LogP contribution in [0.25, 0.3) is 0 Å². The van der Waals surface area contributed by atoms with Gasteiger partial charge in [0, 0.05) is 0 Å². The Kier molecular flexibility index (Phi) is 2.10. The number of rotatable bonds is 0. The monoisotopic (exact) mass is 216 g/mol. The highest BCUT2D eigenvalue weighted by Gasteiger charge is 2.16. The molecule has 1 heterocycles. The molecule has 3 heteroatoms. The van der Waals surface area contributed by atoms with Crippen LogP contribution in [0, 0.1) is 6.92 Å². The summed E-state index contributed by atoms with van der Waals surface area (Å²) < 4.78 is 3.09. The van der Waals surface area contributed by atoms with E-state index in [1.165, 1.54) is 5.69 Å². The first kappa shape index (κ1) is 8.78. The van der Waals surface area contributed by atoms with Gasteiger partial charge >= 0.3 is 0 Å². The second-order valence-corrected chi connectivity index (χ2v) is 4.51. The molecule has 0 bridgehead atoms. The van der Waals surface area contributed by atoms with E-state index in [0.29, 0.717) is 0 Å². The summed E-state index contributed by atoms with van der Waals surface area (Å²) in [4.78, 5) is 0. The summed E-state index contributed by atoms with van der Waals surface area (Å²) in [5.74, 6) is 0. The van der Waals surface area contributed by atoms with Crippen molar-refractivity contribution >= 4 is 15.9 Å². The van der Waals surface area contributed by atoms with E-state index >= 15 is 0 Å². The van der Waals surface area contributed by atoms with Gasteiger partial charge in [0.25, 0.3) is 0 Å². The lowest BCUT2D eigenvalue weighted by Gasteiger charge is -2.21. The molecule has 0 aliphatic carbocycles. The fourth-order valence-corrected chi connectivity index (χ4v) is 1.33. The molecule has 62 valence electrons. The fraction of sp³-hybridized carbons (Fsp3) is 0.625. The third-order valence-electron chi connectivity index (χ3n) is 1.59. The topological polar surface area (TPSA) is 17.8 Å². The lowest BCUT2D eigenvalue weighted by atomic mass is 10.1. The Labute approximate surface area is 75.7 Å². The zero-order valence-corrected chi connectivity index (χ0v) is 8.94. The molecule has 1 rings (SSSR count). The molecule has 11 heavy (non-hydrogen) atoms. The minimum Gasteiger partial charge on any atom is -0.263 e. The third-order valence-corrected chi connectivity index (χ3v) is 2.36. The summed E-state index contributed by atoms with van der Waals surface area (Å²) in [5.41, 5.74) is 1.26. The molecule has 0 unspecified atom stereocenters. The van der Waals surface area contributed by atoms with Crippen molar-refractivity contribution in [1.82, 2.24) is 9.78 Å². The molecule has 0 fully saturated rings. The molecule has 0 aliphatic rings. The second-order valence-electron chi connectivity index (χ2n) is 3.66. The van der Waals surface area contributed by atoms with Crippen molar-refractivity contribution < 1.29 is 0 Å². The maximum Gasteiger partial charge on any atom is 0.0635 e. The van der Waals surface area contributed by atoms with E-state index in [4.69, 9.17) is 0 Å². The van der Waals surface area contributed by atoms with Crippen molar-refractivity contribution in [3.63, 3.8) is 0 Å². The van der Waals surface area contributed by atoms with Crippen LogP contribution < -0.4 is 0 Å². The molecular formula is C8H13BrN2. The fourth-order valence-electron chi connectivity index (χ4n) is 1.07. The van der Waals surface area contributed by atoms with Crippen LogP contribution in [0.4, 0.5) is 0 Å². The summed E-state index contributed by atoms with van der Waals surface area (Å²) in [6, 6.07) is 0. The highest BCUT2D eigenvalue weighted by atomic mass is 79.9. The second kappa shape index (κ2) is 2.63. The van der Waals surface area contributed by atoms with Gasteiger partial charge in [-0.05, 0) is 43.6 Å². The van der Waals surface area contributed by atoms with Gasteiger partial charge in [0.05, 0.1) is 21.9 Å².